The predicted octanol–water partition coefficient (Wildman–Crippen LogP) is 2.10. The molecule has 43 heavy (non-hydrogen) atoms. The molecule has 2 fully saturated rings. The molecule has 1 saturated heterocycles. The predicted molar refractivity (Wildman–Crippen MR) is 162 cm³/mol. The van der Waals surface area contributed by atoms with E-state index in [1.54, 1.807) is 6.07 Å². The van der Waals surface area contributed by atoms with E-state index in [0.717, 1.165) is 37.5 Å². The lowest BCUT2D eigenvalue weighted by molar-refractivity contribution is -0.131. The molecule has 242 valence electrons. The zero-order valence-corrected chi connectivity index (χ0v) is 26.7. The molecular formula is C31H49FN4O6S. The lowest BCUT2D eigenvalue weighted by Gasteiger charge is -2.41. The highest BCUT2D eigenvalue weighted by Gasteiger charge is 2.39. The summed E-state index contributed by atoms with van der Waals surface area (Å²) < 4.78 is 39.9. The number of hydrogen-bond acceptors (Lipinski definition) is 7. The molecule has 0 spiro atoms. The van der Waals surface area contributed by atoms with Crippen molar-refractivity contribution in [2.75, 3.05) is 32.4 Å². The molecule has 0 bridgehead atoms. The Balaban J connectivity index is 1.48. The summed E-state index contributed by atoms with van der Waals surface area (Å²) in [7, 11) is -3.51. The number of amides is 2. The van der Waals surface area contributed by atoms with E-state index in [1.165, 1.54) is 22.9 Å². The topological polar surface area (TPSA) is 139 Å². The van der Waals surface area contributed by atoms with Crippen LogP contribution in [0.4, 0.5) is 4.39 Å². The van der Waals surface area contributed by atoms with Crippen LogP contribution in [-0.4, -0.2) is 95.9 Å². The van der Waals surface area contributed by atoms with Gasteiger partial charge in [0.05, 0.1) is 24.5 Å². The molecule has 1 heterocycles. The monoisotopic (exact) mass is 624 g/mol. The fourth-order valence-corrected chi connectivity index (χ4v) is 7.69. The molecule has 0 aromatic heterocycles. The van der Waals surface area contributed by atoms with Crippen molar-refractivity contribution < 1.29 is 32.6 Å². The van der Waals surface area contributed by atoms with E-state index >= 15 is 0 Å². The van der Waals surface area contributed by atoms with Gasteiger partial charge < -0.3 is 20.8 Å². The molecule has 5 atom stereocenters. The third-order valence-electron chi connectivity index (χ3n) is 8.99. The van der Waals surface area contributed by atoms with E-state index in [9.17, 15) is 32.6 Å². The average Bonchev–Trinajstić information content (AvgIpc) is 3.21. The first-order chi connectivity index (χ1) is 20.1. The van der Waals surface area contributed by atoms with Crippen molar-refractivity contribution in [1.82, 2.24) is 19.8 Å². The smallest absolute Gasteiger partial charge is 0.239 e. The van der Waals surface area contributed by atoms with Crippen LogP contribution in [0.2, 0.25) is 0 Å². The Morgan fingerprint density at radius 1 is 1.14 bits per heavy atom. The molecule has 1 aliphatic heterocycles. The maximum atomic E-state index is 14.0. The number of nitrogens with one attached hydrogen (secondary N) is 2. The first kappa shape index (κ1) is 33.8. The number of carbonyl (C=O) groups excluding carboxylic acids is 2. The maximum Gasteiger partial charge on any atom is 0.239 e. The van der Waals surface area contributed by atoms with E-state index in [4.69, 9.17) is 0 Å². The summed E-state index contributed by atoms with van der Waals surface area (Å²) >= 11 is 0. The van der Waals surface area contributed by atoms with Crippen LogP contribution in [0, 0.1) is 17.7 Å². The number of nitrogens with zero attached hydrogens (tertiary/aromatic N) is 2. The van der Waals surface area contributed by atoms with Crippen LogP contribution in [0.25, 0.3) is 0 Å². The van der Waals surface area contributed by atoms with Crippen molar-refractivity contribution in [2.24, 2.45) is 11.8 Å². The first-order valence-electron chi connectivity index (χ1n) is 15.6. The van der Waals surface area contributed by atoms with Crippen molar-refractivity contribution >= 4 is 21.8 Å². The quantitative estimate of drug-likeness (QED) is 0.313. The Hall–Kier alpha value is -2.12. The highest BCUT2D eigenvalue weighted by atomic mass is 32.2. The first-order valence-corrected chi connectivity index (χ1v) is 17.4. The number of halogens is 1. The van der Waals surface area contributed by atoms with Gasteiger partial charge in [-0.15, -0.1) is 0 Å². The standard InChI is InChI=1S/C31H49FN4O6S/c1-31(2,3)34-30(40)26-19-36(43(4,41)42)13-12-35(26)18-24(37)15-22(14-20-8-6-5-7-9-20)29(39)33-28-25-17-23(32)11-10-21(25)16-27(28)38/h10-11,17,20,22,24,26-28,37-38H,5-9,12-16,18-19H2,1-4H3,(H,33,39)(H,34,40)/t22-,24+,26+,27-,28+/m1/s1. The molecule has 2 aliphatic carbocycles. The number of rotatable bonds is 10. The molecule has 1 aromatic rings. The van der Waals surface area contributed by atoms with Crippen LogP contribution in [0.15, 0.2) is 18.2 Å². The Morgan fingerprint density at radius 3 is 2.49 bits per heavy atom. The van der Waals surface area contributed by atoms with Gasteiger partial charge in [-0.3, -0.25) is 14.5 Å². The van der Waals surface area contributed by atoms with Crippen LogP contribution in [0.5, 0.6) is 0 Å². The van der Waals surface area contributed by atoms with Crippen molar-refractivity contribution in [3.63, 3.8) is 0 Å². The van der Waals surface area contributed by atoms with Gasteiger partial charge in [0, 0.05) is 44.1 Å². The summed E-state index contributed by atoms with van der Waals surface area (Å²) in [4.78, 5) is 28.8. The summed E-state index contributed by atoms with van der Waals surface area (Å²) in [5.74, 6) is -1.22. The summed E-state index contributed by atoms with van der Waals surface area (Å²) in [6.45, 7) is 6.11. The number of piperazine rings is 1. The second-order valence-electron chi connectivity index (χ2n) is 13.8. The van der Waals surface area contributed by atoms with E-state index in [1.807, 2.05) is 25.7 Å². The fraction of sp³-hybridized carbons (Fsp3) is 0.742. The van der Waals surface area contributed by atoms with Crippen LogP contribution in [0.1, 0.15) is 82.9 Å². The van der Waals surface area contributed by atoms with Crippen molar-refractivity contribution in [3.8, 4) is 0 Å². The van der Waals surface area contributed by atoms with E-state index in [2.05, 4.69) is 10.6 Å². The molecule has 0 radical (unpaired) electrons. The average molecular weight is 625 g/mol. The van der Waals surface area contributed by atoms with Gasteiger partial charge in [-0.25, -0.2) is 12.8 Å². The Kier molecular flexibility index (Phi) is 10.9. The highest BCUT2D eigenvalue weighted by Crippen LogP contribution is 2.35. The largest absolute Gasteiger partial charge is 0.392 e. The fourth-order valence-electron chi connectivity index (χ4n) is 6.86. The summed E-state index contributed by atoms with van der Waals surface area (Å²) in [6, 6.07) is 2.84. The number of sulfonamides is 1. The zero-order valence-electron chi connectivity index (χ0n) is 25.9. The third-order valence-corrected chi connectivity index (χ3v) is 10.3. The zero-order chi connectivity index (χ0) is 31.5. The minimum absolute atomic E-state index is 0.0189. The van der Waals surface area contributed by atoms with Crippen LogP contribution < -0.4 is 10.6 Å². The van der Waals surface area contributed by atoms with E-state index in [0.29, 0.717) is 24.3 Å². The Labute approximate surface area is 255 Å². The molecule has 0 unspecified atom stereocenters. The van der Waals surface area contributed by atoms with E-state index < -0.39 is 51.6 Å². The number of hydrogen-bond donors (Lipinski definition) is 4. The molecular weight excluding hydrogens is 575 g/mol. The molecule has 12 heteroatoms. The molecule has 4 N–H and O–H groups in total. The second-order valence-corrected chi connectivity index (χ2v) is 15.8. The minimum atomic E-state index is -3.51. The van der Waals surface area contributed by atoms with E-state index in [-0.39, 0.29) is 44.4 Å². The molecule has 1 saturated carbocycles. The Bertz CT molecular complexity index is 1250. The molecule has 10 nitrogen and oxygen atoms in total. The van der Waals surface area contributed by atoms with Gasteiger partial charge in [-0.2, -0.15) is 4.31 Å². The molecule has 3 aliphatic rings. The number of aliphatic hydroxyl groups excluding tert-OH is 2. The normalized spacial score (nSPS) is 25.6. The van der Waals surface area contributed by atoms with Gasteiger partial charge in [-0.1, -0.05) is 38.2 Å². The van der Waals surface area contributed by atoms with Gasteiger partial charge in [0.2, 0.25) is 21.8 Å². The highest BCUT2D eigenvalue weighted by molar-refractivity contribution is 7.88. The van der Waals surface area contributed by atoms with Crippen molar-refractivity contribution in [1.29, 1.82) is 0 Å². The number of aliphatic hydroxyl groups is 2. The van der Waals surface area contributed by atoms with Gasteiger partial charge in [0.15, 0.2) is 0 Å². The maximum absolute atomic E-state index is 14.0. The van der Waals surface area contributed by atoms with Crippen molar-refractivity contribution in [2.45, 2.75) is 102 Å². The van der Waals surface area contributed by atoms with Crippen molar-refractivity contribution in [3.05, 3.63) is 35.1 Å². The summed E-state index contributed by atoms with van der Waals surface area (Å²) in [5.41, 5.74) is 0.856. The number of benzene rings is 1. The van der Waals surface area contributed by atoms with Gasteiger partial charge in [0.1, 0.15) is 11.9 Å². The van der Waals surface area contributed by atoms with Gasteiger partial charge in [0.25, 0.3) is 0 Å². The molecule has 2 amide bonds. The molecule has 4 rings (SSSR count). The number of carbonyl (C=O) groups is 2. The van der Waals surface area contributed by atoms with Crippen LogP contribution in [0.3, 0.4) is 0 Å². The summed E-state index contributed by atoms with van der Waals surface area (Å²) in [6.07, 6.45) is 5.79. The van der Waals surface area contributed by atoms with Gasteiger partial charge >= 0.3 is 0 Å². The van der Waals surface area contributed by atoms with Gasteiger partial charge in [-0.05, 0) is 62.8 Å². The van der Waals surface area contributed by atoms with Crippen LogP contribution >= 0.6 is 0 Å². The third kappa shape index (κ3) is 9.20. The minimum Gasteiger partial charge on any atom is -0.392 e. The summed E-state index contributed by atoms with van der Waals surface area (Å²) in [5, 5.41) is 27.9. The number of fused-ring (bicyclic) bond motifs is 1. The second kappa shape index (κ2) is 13.9. The SMILES string of the molecule is CC(C)(C)NC(=O)[C@@H]1CN(S(C)(=O)=O)CCN1C[C@@H](O)C[C@@H](CC1CCCCC1)C(=O)N[C@H]1c2cc(F)ccc2C[C@H]1O. The molecule has 1 aromatic carbocycles. The number of β-amino-alcohol motifs (C(OH)–C–C–N with tert-alkyl or cyclic N) is 1. The Morgan fingerprint density at radius 2 is 1.84 bits per heavy atom. The lowest BCUT2D eigenvalue weighted by atomic mass is 9.80. The lowest BCUT2D eigenvalue weighted by Crippen LogP contribution is -2.62. The van der Waals surface area contributed by atoms with Crippen LogP contribution in [-0.2, 0) is 26.0 Å².